The normalized spacial score (nSPS) is 22.2. The van der Waals surface area contributed by atoms with E-state index in [1.165, 1.54) is 0 Å². The largest absolute Gasteiger partial charge is 0.373 e. The van der Waals surface area contributed by atoms with Gasteiger partial charge >= 0.3 is 0 Å². The van der Waals surface area contributed by atoms with Crippen molar-refractivity contribution in [2.24, 2.45) is 0 Å². The van der Waals surface area contributed by atoms with Crippen molar-refractivity contribution in [3.63, 3.8) is 0 Å². The smallest absolute Gasteiger partial charge is 0.158 e. The lowest BCUT2D eigenvalue weighted by Gasteiger charge is -2.16. The fraction of sp³-hybridized carbons (Fsp3) is 0.462. The van der Waals surface area contributed by atoms with Gasteiger partial charge in [0.25, 0.3) is 0 Å². The van der Waals surface area contributed by atoms with E-state index in [4.69, 9.17) is 4.74 Å². The van der Waals surface area contributed by atoms with Gasteiger partial charge in [-0.3, -0.25) is 4.98 Å². The van der Waals surface area contributed by atoms with E-state index in [2.05, 4.69) is 34.3 Å². The Hall–Kier alpha value is -1.75. The van der Waals surface area contributed by atoms with E-state index in [-0.39, 0.29) is 11.6 Å². The van der Waals surface area contributed by atoms with Crippen molar-refractivity contribution in [3.8, 4) is 0 Å². The molecule has 5 heteroatoms. The van der Waals surface area contributed by atoms with Gasteiger partial charge in [-0.2, -0.15) is 5.10 Å². The predicted octanol–water partition coefficient (Wildman–Crippen LogP) is 2.00. The fourth-order valence-corrected chi connectivity index (χ4v) is 2.35. The summed E-state index contributed by atoms with van der Waals surface area (Å²) in [5.41, 5.74) is -0.0616. The van der Waals surface area contributed by atoms with Crippen molar-refractivity contribution in [1.82, 2.24) is 15.2 Å². The molecular weight excluding hydrogens is 228 g/mol. The molecule has 1 N–H and O–H groups in total. The molecule has 2 aromatic rings. The summed E-state index contributed by atoms with van der Waals surface area (Å²) in [6.07, 6.45) is 6.28. The molecule has 1 aliphatic heterocycles. The molecule has 0 saturated carbocycles. The van der Waals surface area contributed by atoms with Crippen molar-refractivity contribution in [2.75, 3.05) is 11.9 Å². The van der Waals surface area contributed by atoms with Crippen LogP contribution in [0.3, 0.4) is 0 Å². The molecule has 0 amide bonds. The number of nitrogens with one attached hydrogen (secondary N) is 1. The van der Waals surface area contributed by atoms with Crippen molar-refractivity contribution < 1.29 is 4.74 Å². The van der Waals surface area contributed by atoms with Gasteiger partial charge in [-0.05, 0) is 26.3 Å². The van der Waals surface area contributed by atoms with Crippen LogP contribution >= 0.6 is 0 Å². The van der Waals surface area contributed by atoms with Gasteiger partial charge in [0.15, 0.2) is 5.82 Å². The maximum Gasteiger partial charge on any atom is 0.158 e. The summed E-state index contributed by atoms with van der Waals surface area (Å²) in [5.74, 6) is 0.784. The highest BCUT2D eigenvalue weighted by atomic mass is 16.5. The molecule has 5 nitrogen and oxygen atoms in total. The van der Waals surface area contributed by atoms with Crippen LogP contribution in [0.4, 0.5) is 5.82 Å². The Bertz CT molecular complexity index is 564. The van der Waals surface area contributed by atoms with Crippen molar-refractivity contribution in [1.29, 1.82) is 0 Å². The second-order valence-electron chi connectivity index (χ2n) is 5.27. The summed E-state index contributed by atoms with van der Waals surface area (Å²) in [5, 5.41) is 13.6. The minimum absolute atomic E-state index is 0.0616. The van der Waals surface area contributed by atoms with Gasteiger partial charge in [-0.15, -0.1) is 5.10 Å². The Morgan fingerprint density at radius 3 is 3.06 bits per heavy atom. The molecule has 0 radical (unpaired) electrons. The van der Waals surface area contributed by atoms with Crippen molar-refractivity contribution >= 4 is 16.6 Å². The topological polar surface area (TPSA) is 59.9 Å². The van der Waals surface area contributed by atoms with Crippen LogP contribution in [0.5, 0.6) is 0 Å². The summed E-state index contributed by atoms with van der Waals surface area (Å²) >= 11 is 0. The highest BCUT2D eigenvalue weighted by Crippen LogP contribution is 2.28. The average molecular weight is 244 g/mol. The monoisotopic (exact) mass is 244 g/mol. The third-order valence-electron chi connectivity index (χ3n) is 3.22. The highest BCUT2D eigenvalue weighted by Gasteiger charge is 2.32. The molecule has 0 bridgehead atoms. The third-order valence-corrected chi connectivity index (χ3v) is 3.22. The SMILES string of the molecule is CC1(C)CC(Nc2nncc3ccncc23)CO1. The number of anilines is 1. The molecule has 2 aromatic heterocycles. The molecule has 1 fully saturated rings. The van der Waals surface area contributed by atoms with Crippen LogP contribution in [0, 0.1) is 0 Å². The molecule has 94 valence electrons. The Labute approximate surface area is 106 Å². The zero-order valence-electron chi connectivity index (χ0n) is 10.6. The zero-order chi connectivity index (χ0) is 12.6. The van der Waals surface area contributed by atoms with Gasteiger partial charge in [-0.25, -0.2) is 0 Å². The molecule has 3 heterocycles. The van der Waals surface area contributed by atoms with E-state index < -0.39 is 0 Å². The first kappa shape index (κ1) is 11.3. The second-order valence-corrected chi connectivity index (χ2v) is 5.27. The number of pyridine rings is 1. The maximum atomic E-state index is 5.71. The number of rotatable bonds is 2. The summed E-state index contributed by atoms with van der Waals surface area (Å²) in [6.45, 7) is 4.90. The van der Waals surface area contributed by atoms with Crippen LogP contribution in [0.25, 0.3) is 10.8 Å². The minimum atomic E-state index is -0.0616. The van der Waals surface area contributed by atoms with Crippen LogP contribution < -0.4 is 5.32 Å². The van der Waals surface area contributed by atoms with Crippen LogP contribution in [-0.4, -0.2) is 33.4 Å². The van der Waals surface area contributed by atoms with Gasteiger partial charge in [0.1, 0.15) is 0 Å². The number of aromatic nitrogens is 3. The molecule has 1 saturated heterocycles. The second kappa shape index (κ2) is 4.17. The van der Waals surface area contributed by atoms with E-state index in [0.29, 0.717) is 6.61 Å². The molecule has 3 rings (SSSR count). The van der Waals surface area contributed by atoms with Gasteiger partial charge in [0, 0.05) is 23.2 Å². The Balaban J connectivity index is 1.87. The first-order chi connectivity index (χ1) is 8.64. The molecule has 0 aliphatic carbocycles. The van der Waals surface area contributed by atoms with Crippen LogP contribution in [0.2, 0.25) is 0 Å². The molecule has 1 atom stereocenters. The molecule has 0 spiro atoms. The summed E-state index contributed by atoms with van der Waals surface area (Å²) < 4.78 is 5.71. The predicted molar refractivity (Wildman–Crippen MR) is 69.4 cm³/mol. The lowest BCUT2D eigenvalue weighted by molar-refractivity contribution is 0.0363. The number of ether oxygens (including phenoxy) is 1. The van der Waals surface area contributed by atoms with Crippen LogP contribution in [0.15, 0.2) is 24.7 Å². The lowest BCUT2D eigenvalue weighted by Crippen LogP contribution is -2.23. The molecule has 18 heavy (non-hydrogen) atoms. The van der Waals surface area contributed by atoms with Gasteiger partial charge < -0.3 is 10.1 Å². The minimum Gasteiger partial charge on any atom is -0.373 e. The number of fused-ring (bicyclic) bond motifs is 1. The van der Waals surface area contributed by atoms with Crippen molar-refractivity contribution in [3.05, 3.63) is 24.7 Å². The molecule has 1 aliphatic rings. The molecule has 0 aromatic carbocycles. The number of hydrogen-bond acceptors (Lipinski definition) is 5. The first-order valence-corrected chi connectivity index (χ1v) is 6.10. The maximum absolute atomic E-state index is 5.71. The van der Waals surface area contributed by atoms with E-state index in [9.17, 15) is 0 Å². The lowest BCUT2D eigenvalue weighted by atomic mass is 10.0. The Morgan fingerprint density at radius 1 is 1.39 bits per heavy atom. The summed E-state index contributed by atoms with van der Waals surface area (Å²) in [7, 11) is 0. The van der Waals surface area contributed by atoms with Crippen LogP contribution in [0.1, 0.15) is 20.3 Å². The quantitative estimate of drug-likeness (QED) is 0.875. The first-order valence-electron chi connectivity index (χ1n) is 6.10. The molecular formula is C13H16N4O. The fourth-order valence-electron chi connectivity index (χ4n) is 2.35. The van der Waals surface area contributed by atoms with E-state index in [0.717, 1.165) is 23.0 Å². The van der Waals surface area contributed by atoms with Crippen molar-refractivity contribution in [2.45, 2.75) is 31.9 Å². The Kier molecular flexibility index (Phi) is 2.63. The third kappa shape index (κ3) is 2.13. The van der Waals surface area contributed by atoms with E-state index in [1.54, 1.807) is 12.4 Å². The van der Waals surface area contributed by atoms with Gasteiger partial charge in [-0.1, -0.05) is 0 Å². The summed E-state index contributed by atoms with van der Waals surface area (Å²) in [4.78, 5) is 4.14. The van der Waals surface area contributed by atoms with E-state index >= 15 is 0 Å². The number of nitrogens with zero attached hydrogens (tertiary/aromatic N) is 3. The molecule has 1 unspecified atom stereocenters. The Morgan fingerprint density at radius 2 is 2.28 bits per heavy atom. The van der Waals surface area contributed by atoms with Crippen LogP contribution in [-0.2, 0) is 4.74 Å². The standard InChI is InChI=1S/C13H16N4O/c1-13(2)5-10(8-18-13)16-12-11-7-14-4-3-9(11)6-15-17-12/h3-4,6-7,10H,5,8H2,1-2H3,(H,16,17). The number of hydrogen-bond donors (Lipinski definition) is 1. The summed E-state index contributed by atoms with van der Waals surface area (Å²) in [6, 6.07) is 2.21. The highest BCUT2D eigenvalue weighted by molar-refractivity contribution is 5.90. The van der Waals surface area contributed by atoms with Gasteiger partial charge in [0.2, 0.25) is 0 Å². The van der Waals surface area contributed by atoms with E-state index in [1.807, 2.05) is 12.3 Å². The van der Waals surface area contributed by atoms with Gasteiger partial charge in [0.05, 0.1) is 24.4 Å². The zero-order valence-corrected chi connectivity index (χ0v) is 10.6. The average Bonchev–Trinajstić information content (AvgIpc) is 2.69.